The van der Waals surface area contributed by atoms with Gasteiger partial charge in [0.25, 0.3) is 5.91 Å². The molecule has 1 aliphatic rings. The number of para-hydroxylation sites is 1. The molecule has 0 aliphatic carbocycles. The molecule has 4 aromatic rings. The van der Waals surface area contributed by atoms with Gasteiger partial charge in [0, 0.05) is 17.1 Å². The van der Waals surface area contributed by atoms with Gasteiger partial charge in [0.15, 0.2) is 5.17 Å². The van der Waals surface area contributed by atoms with Crippen molar-refractivity contribution in [2.24, 2.45) is 4.99 Å². The first-order valence-electron chi connectivity index (χ1n) is 13.3. The molecule has 5 rings (SSSR count). The number of carbonyl (C=O) groups is 2. The standard InChI is InChI=1S/C33H31N3O4S/c1-5-24-8-6-7-9-29(24)36-21(2)18-26(22(36)3)19-30-31(37)35(20-23-10-12-25(13-11-23)32(38)39)33(41-30)34-27-14-16-28(40-4)17-15-27/h6-19H,5,20H2,1-4H3,(H,38,39)/b30-19-,34-33?. The molecule has 8 heteroatoms. The lowest BCUT2D eigenvalue weighted by molar-refractivity contribution is -0.122. The number of aromatic nitrogens is 1. The number of hydrogen-bond donors (Lipinski definition) is 1. The second-order valence-corrected chi connectivity index (χ2v) is 10.7. The molecule has 41 heavy (non-hydrogen) atoms. The monoisotopic (exact) mass is 565 g/mol. The predicted molar refractivity (Wildman–Crippen MR) is 164 cm³/mol. The Hall–Kier alpha value is -4.56. The number of thioether (sulfide) groups is 1. The summed E-state index contributed by atoms with van der Waals surface area (Å²) in [4.78, 5) is 32.1. The third-order valence-corrected chi connectivity index (χ3v) is 8.10. The normalized spacial score (nSPS) is 15.2. The van der Waals surface area contributed by atoms with Crippen molar-refractivity contribution in [3.63, 3.8) is 0 Å². The first-order valence-corrected chi connectivity index (χ1v) is 14.1. The quantitative estimate of drug-likeness (QED) is 0.229. The Morgan fingerprint density at radius 1 is 1.02 bits per heavy atom. The van der Waals surface area contributed by atoms with Crippen LogP contribution >= 0.6 is 11.8 Å². The maximum absolute atomic E-state index is 13.8. The molecular formula is C33H31N3O4S. The van der Waals surface area contributed by atoms with Gasteiger partial charge in [0.05, 0.1) is 29.8 Å². The van der Waals surface area contributed by atoms with Crippen LogP contribution in [0.25, 0.3) is 11.8 Å². The summed E-state index contributed by atoms with van der Waals surface area (Å²) < 4.78 is 7.50. The number of nitrogens with zero attached hydrogens (tertiary/aromatic N) is 3. The number of ether oxygens (including phenoxy) is 1. The van der Waals surface area contributed by atoms with Gasteiger partial charge in [-0.1, -0.05) is 37.3 Å². The molecule has 1 aliphatic heterocycles. The number of hydrogen-bond acceptors (Lipinski definition) is 5. The summed E-state index contributed by atoms with van der Waals surface area (Å²) in [5, 5.41) is 9.82. The molecule has 0 saturated carbocycles. The molecule has 1 amide bonds. The Morgan fingerprint density at radius 2 is 1.73 bits per heavy atom. The highest BCUT2D eigenvalue weighted by Crippen LogP contribution is 2.37. The SMILES string of the molecule is CCc1ccccc1-n1c(C)cc(/C=C2\SC(=Nc3ccc(OC)cc3)N(Cc3ccc(C(=O)O)cc3)C2=O)c1C. The summed E-state index contributed by atoms with van der Waals surface area (Å²) in [6.45, 7) is 6.57. The van der Waals surface area contributed by atoms with E-state index in [-0.39, 0.29) is 18.0 Å². The summed E-state index contributed by atoms with van der Waals surface area (Å²) in [6, 6.07) is 24.4. The van der Waals surface area contributed by atoms with E-state index in [2.05, 4.69) is 49.6 Å². The fraction of sp³-hybridized carbons (Fsp3) is 0.182. The van der Waals surface area contributed by atoms with Crippen LogP contribution in [0, 0.1) is 13.8 Å². The van der Waals surface area contributed by atoms with Crippen LogP contribution in [-0.2, 0) is 17.8 Å². The number of aliphatic imine (C=N–C) groups is 1. The maximum Gasteiger partial charge on any atom is 0.335 e. The van der Waals surface area contributed by atoms with Gasteiger partial charge < -0.3 is 14.4 Å². The van der Waals surface area contributed by atoms with Crippen molar-refractivity contribution < 1.29 is 19.4 Å². The van der Waals surface area contributed by atoms with Crippen LogP contribution in [-0.4, -0.2) is 38.7 Å². The van der Waals surface area contributed by atoms with Gasteiger partial charge >= 0.3 is 5.97 Å². The molecule has 1 N–H and O–H groups in total. The van der Waals surface area contributed by atoms with Crippen LogP contribution in [0.5, 0.6) is 5.75 Å². The van der Waals surface area contributed by atoms with Crippen molar-refractivity contribution in [3.8, 4) is 11.4 Å². The predicted octanol–water partition coefficient (Wildman–Crippen LogP) is 7.17. The van der Waals surface area contributed by atoms with E-state index in [1.807, 2.05) is 36.4 Å². The van der Waals surface area contributed by atoms with E-state index >= 15 is 0 Å². The number of rotatable bonds is 8. The van der Waals surface area contributed by atoms with Crippen molar-refractivity contribution in [1.82, 2.24) is 9.47 Å². The summed E-state index contributed by atoms with van der Waals surface area (Å²) in [5.74, 6) is -0.418. The van der Waals surface area contributed by atoms with Crippen LogP contribution in [0.3, 0.4) is 0 Å². The number of benzene rings is 3. The van der Waals surface area contributed by atoms with Gasteiger partial charge in [0.2, 0.25) is 0 Å². The van der Waals surface area contributed by atoms with Gasteiger partial charge in [0.1, 0.15) is 5.75 Å². The fourth-order valence-corrected chi connectivity index (χ4v) is 5.90. The lowest BCUT2D eigenvalue weighted by Crippen LogP contribution is -2.28. The number of carboxylic acid groups (broad SMARTS) is 1. The largest absolute Gasteiger partial charge is 0.497 e. The highest BCUT2D eigenvalue weighted by molar-refractivity contribution is 8.18. The number of amidine groups is 1. The third-order valence-electron chi connectivity index (χ3n) is 7.10. The van der Waals surface area contributed by atoms with Gasteiger partial charge in [-0.25, -0.2) is 9.79 Å². The topological polar surface area (TPSA) is 84.1 Å². The molecule has 0 radical (unpaired) electrons. The number of methoxy groups -OCH3 is 1. The lowest BCUT2D eigenvalue weighted by Gasteiger charge is -2.16. The molecule has 1 aromatic heterocycles. The number of aromatic carboxylic acids is 1. The molecular weight excluding hydrogens is 534 g/mol. The molecule has 208 valence electrons. The molecule has 0 atom stereocenters. The van der Waals surface area contributed by atoms with Gasteiger partial charge in [-0.2, -0.15) is 0 Å². The summed E-state index contributed by atoms with van der Waals surface area (Å²) in [6.07, 6.45) is 2.86. The van der Waals surface area contributed by atoms with E-state index in [9.17, 15) is 14.7 Å². The number of amides is 1. The first kappa shape index (κ1) is 28.0. The van der Waals surface area contributed by atoms with E-state index in [1.54, 1.807) is 36.3 Å². The Labute approximate surface area is 243 Å². The van der Waals surface area contributed by atoms with Crippen LogP contribution in [0.4, 0.5) is 5.69 Å². The zero-order chi connectivity index (χ0) is 29.1. The Kier molecular flexibility index (Phi) is 8.12. The molecule has 1 saturated heterocycles. The van der Waals surface area contributed by atoms with Gasteiger partial charge in [-0.15, -0.1) is 0 Å². The van der Waals surface area contributed by atoms with Gasteiger partial charge in [-0.05, 0) is 103 Å². The lowest BCUT2D eigenvalue weighted by atomic mass is 10.1. The molecule has 2 heterocycles. The van der Waals surface area contributed by atoms with E-state index in [0.29, 0.717) is 15.8 Å². The Morgan fingerprint density at radius 3 is 2.39 bits per heavy atom. The van der Waals surface area contributed by atoms with E-state index in [1.165, 1.54) is 17.3 Å². The smallest absolute Gasteiger partial charge is 0.335 e. The molecule has 7 nitrogen and oxygen atoms in total. The highest BCUT2D eigenvalue weighted by Gasteiger charge is 2.34. The number of carbonyl (C=O) groups excluding carboxylic acids is 1. The molecule has 3 aromatic carbocycles. The van der Waals surface area contributed by atoms with Crippen LogP contribution in [0.1, 0.15) is 45.4 Å². The fourth-order valence-electron chi connectivity index (χ4n) is 4.91. The van der Waals surface area contributed by atoms with E-state index in [0.717, 1.165) is 40.4 Å². The summed E-state index contributed by atoms with van der Waals surface area (Å²) in [7, 11) is 1.61. The minimum absolute atomic E-state index is 0.150. The molecule has 1 fully saturated rings. The first-order chi connectivity index (χ1) is 19.8. The molecule has 0 bridgehead atoms. The minimum Gasteiger partial charge on any atom is -0.497 e. The zero-order valence-electron chi connectivity index (χ0n) is 23.4. The van der Waals surface area contributed by atoms with Crippen LogP contribution < -0.4 is 4.74 Å². The Bertz CT molecular complexity index is 1670. The maximum atomic E-state index is 13.8. The Balaban J connectivity index is 1.52. The zero-order valence-corrected chi connectivity index (χ0v) is 24.2. The van der Waals surface area contributed by atoms with Crippen molar-refractivity contribution in [3.05, 3.63) is 117 Å². The van der Waals surface area contributed by atoms with Crippen LogP contribution in [0.2, 0.25) is 0 Å². The van der Waals surface area contributed by atoms with Crippen molar-refractivity contribution in [2.45, 2.75) is 33.7 Å². The number of carboxylic acids is 1. The molecule has 0 unspecified atom stereocenters. The second-order valence-electron chi connectivity index (χ2n) is 9.74. The number of aryl methyl sites for hydroxylation is 2. The average molecular weight is 566 g/mol. The van der Waals surface area contributed by atoms with Crippen molar-refractivity contribution in [2.75, 3.05) is 7.11 Å². The second kappa shape index (κ2) is 11.9. The van der Waals surface area contributed by atoms with E-state index in [4.69, 9.17) is 9.73 Å². The van der Waals surface area contributed by atoms with Crippen LogP contribution in [0.15, 0.2) is 88.8 Å². The minimum atomic E-state index is -0.990. The van der Waals surface area contributed by atoms with Crippen molar-refractivity contribution in [1.29, 1.82) is 0 Å². The summed E-state index contributed by atoms with van der Waals surface area (Å²) in [5.41, 5.74) is 7.23. The average Bonchev–Trinajstić information content (AvgIpc) is 3.42. The van der Waals surface area contributed by atoms with Gasteiger partial charge in [-0.3, -0.25) is 9.69 Å². The highest BCUT2D eigenvalue weighted by atomic mass is 32.2. The molecule has 0 spiro atoms. The van der Waals surface area contributed by atoms with Crippen molar-refractivity contribution >= 4 is 40.6 Å². The summed E-state index contributed by atoms with van der Waals surface area (Å²) >= 11 is 1.33. The third kappa shape index (κ3) is 5.83. The van der Waals surface area contributed by atoms with E-state index < -0.39 is 5.97 Å².